The molecule has 1 fully saturated rings. The van der Waals surface area contributed by atoms with Crippen LogP contribution in [0.4, 0.5) is 11.4 Å². The lowest BCUT2D eigenvalue weighted by Crippen LogP contribution is -2.42. The van der Waals surface area contributed by atoms with Crippen LogP contribution in [0.5, 0.6) is 0 Å². The van der Waals surface area contributed by atoms with Crippen molar-refractivity contribution in [3.8, 4) is 0 Å². The molecular formula is C14H20N4O2. The summed E-state index contributed by atoms with van der Waals surface area (Å²) in [7, 11) is 3.21. The van der Waals surface area contributed by atoms with Gasteiger partial charge >= 0.3 is 0 Å². The van der Waals surface area contributed by atoms with Gasteiger partial charge in [0, 0.05) is 26.2 Å². The summed E-state index contributed by atoms with van der Waals surface area (Å²) in [5.74, 6) is -0.186. The van der Waals surface area contributed by atoms with Gasteiger partial charge in [-0.2, -0.15) is 0 Å². The lowest BCUT2D eigenvalue weighted by molar-refractivity contribution is -0.121. The normalized spacial score (nSPS) is 17.9. The van der Waals surface area contributed by atoms with Gasteiger partial charge in [-0.1, -0.05) is 0 Å². The molecule has 0 aliphatic carbocycles. The largest absolute Gasteiger partial charge is 0.397 e. The van der Waals surface area contributed by atoms with E-state index in [4.69, 9.17) is 5.73 Å². The summed E-state index contributed by atoms with van der Waals surface area (Å²) in [5.41, 5.74) is 7.88. The van der Waals surface area contributed by atoms with E-state index in [1.807, 2.05) is 4.90 Å². The number of nitrogens with zero attached hydrogens (tertiary/aromatic N) is 1. The summed E-state index contributed by atoms with van der Waals surface area (Å²) in [6, 6.07) is 4.92. The first-order valence-corrected chi connectivity index (χ1v) is 6.68. The molecule has 6 nitrogen and oxygen atoms in total. The average Bonchev–Trinajstić information content (AvgIpc) is 2.95. The fourth-order valence-corrected chi connectivity index (χ4v) is 2.57. The number of nitrogens with two attached hydrogens (primary N) is 1. The molecule has 1 unspecified atom stereocenters. The molecule has 0 radical (unpaired) electrons. The summed E-state index contributed by atoms with van der Waals surface area (Å²) < 4.78 is 0. The number of hydrogen-bond acceptors (Lipinski definition) is 4. The Labute approximate surface area is 118 Å². The number of rotatable bonds is 3. The first kappa shape index (κ1) is 14.2. The van der Waals surface area contributed by atoms with Gasteiger partial charge in [0.25, 0.3) is 5.91 Å². The van der Waals surface area contributed by atoms with Crippen molar-refractivity contribution in [2.75, 3.05) is 31.3 Å². The van der Waals surface area contributed by atoms with E-state index in [-0.39, 0.29) is 17.9 Å². The highest BCUT2D eigenvalue weighted by atomic mass is 16.2. The van der Waals surface area contributed by atoms with Crippen LogP contribution in [0, 0.1) is 0 Å². The van der Waals surface area contributed by atoms with E-state index in [0.717, 1.165) is 25.1 Å². The Hall–Kier alpha value is -2.24. The molecule has 1 atom stereocenters. The lowest BCUT2D eigenvalue weighted by Gasteiger charge is -2.27. The minimum atomic E-state index is -0.220. The molecule has 4 N–H and O–H groups in total. The average molecular weight is 276 g/mol. The van der Waals surface area contributed by atoms with Gasteiger partial charge in [0.1, 0.15) is 6.04 Å². The molecule has 1 aromatic rings. The van der Waals surface area contributed by atoms with E-state index >= 15 is 0 Å². The number of nitrogen functional groups attached to an aromatic ring is 1. The Kier molecular flexibility index (Phi) is 4.12. The van der Waals surface area contributed by atoms with E-state index in [1.165, 1.54) is 0 Å². The quantitative estimate of drug-likeness (QED) is 0.695. The topological polar surface area (TPSA) is 87.5 Å². The number of carbonyl (C=O) groups excluding carboxylic acids is 2. The second-order valence-electron chi connectivity index (χ2n) is 4.82. The van der Waals surface area contributed by atoms with E-state index in [1.54, 1.807) is 32.3 Å². The highest BCUT2D eigenvalue weighted by molar-refractivity contribution is 5.96. The molecule has 0 saturated carbocycles. The summed E-state index contributed by atoms with van der Waals surface area (Å²) in [4.78, 5) is 25.6. The molecule has 6 heteroatoms. The molecule has 1 aliphatic rings. The summed E-state index contributed by atoms with van der Waals surface area (Å²) >= 11 is 0. The smallest absolute Gasteiger partial charge is 0.251 e. The van der Waals surface area contributed by atoms with Crippen molar-refractivity contribution >= 4 is 23.2 Å². The van der Waals surface area contributed by atoms with Crippen LogP contribution in [-0.4, -0.2) is 38.5 Å². The Balaban J connectivity index is 2.35. The van der Waals surface area contributed by atoms with Crippen LogP contribution in [0.15, 0.2) is 18.2 Å². The second-order valence-corrected chi connectivity index (χ2v) is 4.82. The van der Waals surface area contributed by atoms with Crippen LogP contribution >= 0.6 is 0 Å². The Bertz CT molecular complexity index is 530. The molecule has 1 heterocycles. The lowest BCUT2D eigenvalue weighted by atomic mass is 10.1. The van der Waals surface area contributed by atoms with E-state index < -0.39 is 0 Å². The van der Waals surface area contributed by atoms with Gasteiger partial charge in [0.05, 0.1) is 11.4 Å². The maximum absolute atomic E-state index is 11.9. The number of benzene rings is 1. The van der Waals surface area contributed by atoms with E-state index in [0.29, 0.717) is 11.3 Å². The maximum Gasteiger partial charge on any atom is 0.251 e. The summed E-state index contributed by atoms with van der Waals surface area (Å²) in [6.07, 6.45) is 1.73. The predicted molar refractivity (Wildman–Crippen MR) is 78.7 cm³/mol. The van der Waals surface area contributed by atoms with E-state index in [9.17, 15) is 9.59 Å². The third-order valence-electron chi connectivity index (χ3n) is 3.63. The Morgan fingerprint density at radius 2 is 2.05 bits per heavy atom. The molecule has 1 saturated heterocycles. The number of nitrogens with one attached hydrogen (secondary N) is 2. The van der Waals surface area contributed by atoms with Crippen LogP contribution in [-0.2, 0) is 4.79 Å². The predicted octanol–water partition coefficient (Wildman–Crippen LogP) is 0.343. The number of hydrogen-bond donors (Lipinski definition) is 3. The van der Waals surface area contributed by atoms with Gasteiger partial charge in [-0.3, -0.25) is 9.59 Å². The fourth-order valence-electron chi connectivity index (χ4n) is 2.57. The highest BCUT2D eigenvalue weighted by Crippen LogP contribution is 2.31. The molecule has 0 bridgehead atoms. The third-order valence-corrected chi connectivity index (χ3v) is 3.63. The SMILES string of the molecule is CNC(=O)c1ccc(N)c(N2CCCC2C(=O)NC)c1. The van der Waals surface area contributed by atoms with Gasteiger partial charge in [0.2, 0.25) is 5.91 Å². The second kappa shape index (κ2) is 5.81. The van der Waals surface area contributed by atoms with Crippen LogP contribution in [0.1, 0.15) is 23.2 Å². The van der Waals surface area contributed by atoms with Crippen molar-refractivity contribution in [3.05, 3.63) is 23.8 Å². The molecular weight excluding hydrogens is 256 g/mol. The molecule has 20 heavy (non-hydrogen) atoms. The number of anilines is 2. The van der Waals surface area contributed by atoms with Crippen LogP contribution in [0.25, 0.3) is 0 Å². The van der Waals surface area contributed by atoms with E-state index in [2.05, 4.69) is 10.6 Å². The van der Waals surface area contributed by atoms with Crippen molar-refractivity contribution in [1.82, 2.24) is 10.6 Å². The van der Waals surface area contributed by atoms with Crippen LogP contribution in [0.3, 0.4) is 0 Å². The van der Waals surface area contributed by atoms with Crippen LogP contribution in [0.2, 0.25) is 0 Å². The first-order chi connectivity index (χ1) is 9.58. The van der Waals surface area contributed by atoms with Gasteiger partial charge in [-0.25, -0.2) is 0 Å². The molecule has 108 valence electrons. The maximum atomic E-state index is 11.9. The third kappa shape index (κ3) is 2.54. The standard InChI is InChI=1S/C14H20N4O2/c1-16-13(19)9-5-6-10(15)12(8-9)18-7-3-4-11(18)14(20)17-2/h5-6,8,11H,3-4,7,15H2,1-2H3,(H,16,19)(H,17,20). The highest BCUT2D eigenvalue weighted by Gasteiger charge is 2.31. The van der Waals surface area contributed by atoms with Gasteiger partial charge in [-0.05, 0) is 31.0 Å². The summed E-state index contributed by atoms with van der Waals surface area (Å²) in [5, 5.41) is 5.26. The molecule has 1 aromatic carbocycles. The van der Waals surface area contributed by atoms with Gasteiger partial charge in [0.15, 0.2) is 0 Å². The molecule has 2 rings (SSSR count). The minimum absolute atomic E-state index is 0.0211. The zero-order valence-electron chi connectivity index (χ0n) is 11.8. The summed E-state index contributed by atoms with van der Waals surface area (Å²) in [6.45, 7) is 0.763. The number of amides is 2. The molecule has 0 spiro atoms. The van der Waals surface area contributed by atoms with Crippen molar-refractivity contribution in [2.24, 2.45) is 0 Å². The van der Waals surface area contributed by atoms with Gasteiger partial charge in [-0.15, -0.1) is 0 Å². The monoisotopic (exact) mass is 276 g/mol. The van der Waals surface area contributed by atoms with Crippen molar-refractivity contribution in [2.45, 2.75) is 18.9 Å². The molecule has 0 aromatic heterocycles. The fraction of sp³-hybridized carbons (Fsp3) is 0.429. The molecule has 1 aliphatic heterocycles. The first-order valence-electron chi connectivity index (χ1n) is 6.68. The van der Waals surface area contributed by atoms with Crippen LogP contribution < -0.4 is 21.3 Å². The zero-order chi connectivity index (χ0) is 14.7. The van der Waals surface area contributed by atoms with Crippen molar-refractivity contribution in [1.29, 1.82) is 0 Å². The van der Waals surface area contributed by atoms with Crippen molar-refractivity contribution < 1.29 is 9.59 Å². The van der Waals surface area contributed by atoms with Gasteiger partial charge < -0.3 is 21.3 Å². The minimum Gasteiger partial charge on any atom is -0.397 e. The number of likely N-dealkylation sites (N-methyl/N-ethyl adjacent to an activating group) is 1. The number of carbonyl (C=O) groups is 2. The Morgan fingerprint density at radius 1 is 1.30 bits per heavy atom. The van der Waals surface area contributed by atoms with Crippen molar-refractivity contribution in [3.63, 3.8) is 0 Å². The zero-order valence-corrected chi connectivity index (χ0v) is 11.8. The Morgan fingerprint density at radius 3 is 2.70 bits per heavy atom. The molecule has 2 amide bonds.